The van der Waals surface area contributed by atoms with Crippen LogP contribution >= 0.6 is 11.8 Å². The maximum atomic E-state index is 13.4. The topological polar surface area (TPSA) is 64.6 Å². The van der Waals surface area contributed by atoms with E-state index < -0.39 is 30.1 Å². The molecule has 1 aromatic carbocycles. The van der Waals surface area contributed by atoms with E-state index in [9.17, 15) is 18.4 Å². The van der Waals surface area contributed by atoms with E-state index in [2.05, 4.69) is 5.32 Å². The van der Waals surface area contributed by atoms with E-state index >= 15 is 0 Å². The highest BCUT2D eigenvalue weighted by molar-refractivity contribution is 8.00. The molecule has 1 saturated heterocycles. The summed E-state index contributed by atoms with van der Waals surface area (Å²) >= 11 is 0.813. The molecule has 2 rings (SSSR count). The second kappa shape index (κ2) is 8.83. The maximum Gasteiger partial charge on any atom is 0.316 e. The maximum absolute atomic E-state index is 13.4. The Kier molecular flexibility index (Phi) is 6.79. The highest BCUT2D eigenvalue weighted by Crippen LogP contribution is 2.22. The van der Waals surface area contributed by atoms with Crippen LogP contribution in [0.4, 0.5) is 8.78 Å². The average Bonchev–Trinajstić information content (AvgIpc) is 3.05. The Morgan fingerprint density at radius 1 is 1.39 bits per heavy atom. The van der Waals surface area contributed by atoms with Gasteiger partial charge in [-0.25, -0.2) is 8.78 Å². The third-order valence-electron chi connectivity index (χ3n) is 3.15. The van der Waals surface area contributed by atoms with Crippen LogP contribution in [0.1, 0.15) is 12.8 Å². The standard InChI is InChI=1S/C15H17F2NO4S/c16-10-3-4-12(17)13(6-10)23-9-15(20)22-8-14(19)18-7-11-2-1-5-21-11/h3-4,6,11H,1-2,5,7-9H2,(H,18,19)/t11-/m1/s1. The second-order valence-corrected chi connectivity index (χ2v) is 5.98. The Morgan fingerprint density at radius 3 is 2.96 bits per heavy atom. The van der Waals surface area contributed by atoms with Crippen LogP contribution in [0, 0.1) is 11.6 Å². The lowest BCUT2D eigenvalue weighted by molar-refractivity contribution is -0.146. The first-order valence-corrected chi connectivity index (χ1v) is 8.15. The van der Waals surface area contributed by atoms with E-state index in [0.717, 1.165) is 42.8 Å². The van der Waals surface area contributed by atoms with Crippen LogP contribution in [0.3, 0.4) is 0 Å². The molecule has 1 atom stereocenters. The molecule has 1 aromatic rings. The molecular weight excluding hydrogens is 328 g/mol. The molecule has 0 aromatic heterocycles. The van der Waals surface area contributed by atoms with Crippen LogP contribution in [0.25, 0.3) is 0 Å². The fraction of sp³-hybridized carbons (Fsp3) is 0.467. The van der Waals surface area contributed by atoms with Crippen LogP contribution < -0.4 is 5.32 Å². The molecule has 1 aliphatic heterocycles. The van der Waals surface area contributed by atoms with Crippen molar-refractivity contribution in [2.75, 3.05) is 25.5 Å². The third-order valence-corrected chi connectivity index (χ3v) is 4.16. The van der Waals surface area contributed by atoms with Gasteiger partial charge < -0.3 is 14.8 Å². The molecule has 0 bridgehead atoms. The van der Waals surface area contributed by atoms with Crippen molar-refractivity contribution in [2.45, 2.75) is 23.8 Å². The van der Waals surface area contributed by atoms with Gasteiger partial charge in [0.25, 0.3) is 5.91 Å². The van der Waals surface area contributed by atoms with Crippen molar-refractivity contribution in [3.05, 3.63) is 29.8 Å². The second-order valence-electron chi connectivity index (χ2n) is 4.96. The largest absolute Gasteiger partial charge is 0.455 e. The van der Waals surface area contributed by atoms with E-state index in [4.69, 9.17) is 9.47 Å². The van der Waals surface area contributed by atoms with Crippen molar-refractivity contribution >= 4 is 23.6 Å². The molecule has 8 heteroatoms. The van der Waals surface area contributed by atoms with Gasteiger partial charge in [0.15, 0.2) is 6.61 Å². The van der Waals surface area contributed by atoms with Crippen LogP contribution in [0.5, 0.6) is 0 Å². The van der Waals surface area contributed by atoms with E-state index in [1.807, 2.05) is 0 Å². The monoisotopic (exact) mass is 345 g/mol. The van der Waals surface area contributed by atoms with Crippen molar-refractivity contribution < 1.29 is 27.8 Å². The molecule has 1 amide bonds. The Morgan fingerprint density at radius 2 is 2.22 bits per heavy atom. The minimum absolute atomic E-state index is 0.0150. The number of carbonyl (C=O) groups is 2. The summed E-state index contributed by atoms with van der Waals surface area (Å²) in [5.74, 6) is -2.50. The summed E-state index contributed by atoms with van der Waals surface area (Å²) in [5.41, 5.74) is 0. The summed E-state index contributed by atoms with van der Waals surface area (Å²) in [4.78, 5) is 23.0. The summed E-state index contributed by atoms with van der Waals surface area (Å²) in [5, 5.41) is 2.61. The highest BCUT2D eigenvalue weighted by Gasteiger charge is 2.17. The predicted octanol–water partition coefficient (Wildman–Crippen LogP) is 1.90. The summed E-state index contributed by atoms with van der Waals surface area (Å²) < 4.78 is 36.5. The molecule has 5 nitrogen and oxygen atoms in total. The number of thioether (sulfide) groups is 1. The fourth-order valence-electron chi connectivity index (χ4n) is 2.00. The number of carbonyl (C=O) groups excluding carboxylic acids is 2. The van der Waals surface area contributed by atoms with Crippen LogP contribution in [0.2, 0.25) is 0 Å². The van der Waals surface area contributed by atoms with Gasteiger partial charge >= 0.3 is 5.97 Å². The molecule has 1 heterocycles. The molecule has 23 heavy (non-hydrogen) atoms. The van der Waals surface area contributed by atoms with Crippen molar-refractivity contribution in [3.8, 4) is 0 Å². The normalized spacial score (nSPS) is 17.0. The van der Waals surface area contributed by atoms with Gasteiger partial charge in [-0.05, 0) is 31.0 Å². The van der Waals surface area contributed by atoms with Crippen molar-refractivity contribution in [1.29, 1.82) is 0 Å². The van der Waals surface area contributed by atoms with Crippen LogP contribution in [0.15, 0.2) is 23.1 Å². The molecule has 126 valence electrons. The number of nitrogens with one attached hydrogen (secondary N) is 1. The van der Waals surface area contributed by atoms with Gasteiger partial charge in [-0.2, -0.15) is 0 Å². The summed E-state index contributed by atoms with van der Waals surface area (Å²) in [6, 6.07) is 2.99. The first kappa shape index (κ1) is 17.7. The molecule has 1 aliphatic rings. The third kappa shape index (κ3) is 6.15. The predicted molar refractivity (Wildman–Crippen MR) is 80.0 cm³/mol. The lowest BCUT2D eigenvalue weighted by Gasteiger charge is -2.11. The Bertz CT molecular complexity index is 564. The zero-order valence-electron chi connectivity index (χ0n) is 12.3. The van der Waals surface area contributed by atoms with Crippen molar-refractivity contribution in [2.24, 2.45) is 0 Å². The Hall–Kier alpha value is -1.67. The van der Waals surface area contributed by atoms with E-state index in [-0.39, 0.29) is 16.8 Å². The van der Waals surface area contributed by atoms with E-state index in [1.54, 1.807) is 0 Å². The van der Waals surface area contributed by atoms with E-state index in [0.29, 0.717) is 13.2 Å². The van der Waals surface area contributed by atoms with Gasteiger partial charge in [0, 0.05) is 18.0 Å². The van der Waals surface area contributed by atoms with Crippen LogP contribution in [-0.2, 0) is 19.1 Å². The van der Waals surface area contributed by atoms with Gasteiger partial charge in [-0.15, -0.1) is 11.8 Å². The summed E-state index contributed by atoms with van der Waals surface area (Å²) in [7, 11) is 0. The molecule has 0 radical (unpaired) electrons. The smallest absolute Gasteiger partial charge is 0.316 e. The lowest BCUT2D eigenvalue weighted by atomic mass is 10.2. The average molecular weight is 345 g/mol. The molecular formula is C15H17F2NO4S. The van der Waals surface area contributed by atoms with Gasteiger partial charge in [0.1, 0.15) is 11.6 Å². The summed E-state index contributed by atoms with van der Waals surface area (Å²) in [6.45, 7) is 0.681. The van der Waals surface area contributed by atoms with Gasteiger partial charge in [-0.3, -0.25) is 9.59 Å². The fourth-order valence-corrected chi connectivity index (χ4v) is 2.75. The minimum Gasteiger partial charge on any atom is -0.455 e. The summed E-state index contributed by atoms with van der Waals surface area (Å²) in [6.07, 6.45) is 1.89. The lowest BCUT2D eigenvalue weighted by Crippen LogP contribution is -2.35. The number of ether oxygens (including phenoxy) is 2. The number of esters is 1. The Balaban J connectivity index is 1.64. The zero-order valence-corrected chi connectivity index (χ0v) is 13.2. The number of amides is 1. The van der Waals surface area contributed by atoms with Crippen molar-refractivity contribution in [3.63, 3.8) is 0 Å². The molecule has 0 aliphatic carbocycles. The van der Waals surface area contributed by atoms with Crippen LogP contribution in [-0.4, -0.2) is 43.5 Å². The van der Waals surface area contributed by atoms with E-state index in [1.165, 1.54) is 0 Å². The number of halogens is 2. The number of benzene rings is 1. The van der Waals surface area contributed by atoms with Crippen molar-refractivity contribution in [1.82, 2.24) is 5.32 Å². The SMILES string of the molecule is O=C(COC(=O)CSc1cc(F)ccc1F)NC[C@H]1CCCO1. The molecule has 1 fully saturated rings. The first-order valence-electron chi connectivity index (χ1n) is 7.16. The highest BCUT2D eigenvalue weighted by atomic mass is 32.2. The van der Waals surface area contributed by atoms with Gasteiger partial charge in [-0.1, -0.05) is 0 Å². The number of rotatable bonds is 7. The number of hydrogen-bond acceptors (Lipinski definition) is 5. The quantitative estimate of drug-likeness (QED) is 0.604. The molecule has 0 saturated carbocycles. The molecule has 0 unspecified atom stereocenters. The zero-order chi connectivity index (χ0) is 16.7. The first-order chi connectivity index (χ1) is 11.0. The molecule has 0 spiro atoms. The number of hydrogen-bond donors (Lipinski definition) is 1. The Labute approximate surface area is 136 Å². The van der Waals surface area contributed by atoms with Gasteiger partial charge in [0.05, 0.1) is 11.9 Å². The van der Waals surface area contributed by atoms with Gasteiger partial charge in [0.2, 0.25) is 0 Å². The molecule has 1 N–H and O–H groups in total. The minimum atomic E-state index is -0.675.